The lowest BCUT2D eigenvalue weighted by molar-refractivity contribution is -0.147. The molecule has 0 aliphatic rings. The van der Waals surface area contributed by atoms with Gasteiger partial charge in [0.25, 0.3) is 5.91 Å². The van der Waals surface area contributed by atoms with Crippen molar-refractivity contribution in [2.45, 2.75) is 12.7 Å². The summed E-state index contributed by atoms with van der Waals surface area (Å²) in [4.78, 5) is 28.0. The van der Waals surface area contributed by atoms with Gasteiger partial charge in [-0.1, -0.05) is 23.7 Å². The summed E-state index contributed by atoms with van der Waals surface area (Å²) >= 11 is 5.80. The summed E-state index contributed by atoms with van der Waals surface area (Å²) in [5.41, 5.74) is 0.237. The molecular weight excluding hydrogens is 399 g/mol. The topological polar surface area (TPSA) is 73.2 Å². The van der Waals surface area contributed by atoms with Crippen molar-refractivity contribution < 1.29 is 27.5 Å². The number of ether oxygens (including phenoxy) is 1. The number of amides is 1. The Labute approximate surface area is 161 Å². The molecule has 146 valence electrons. The number of nitrogens with zero attached hydrogens (tertiary/aromatic N) is 2. The number of nitrogens with one attached hydrogen (secondary N) is 1. The van der Waals surface area contributed by atoms with Crippen LogP contribution in [0.25, 0.3) is 11.0 Å². The van der Waals surface area contributed by atoms with E-state index in [1.54, 1.807) is 28.8 Å². The quantitative estimate of drug-likeness (QED) is 0.646. The maximum atomic E-state index is 12.7. The Kier molecular flexibility index (Phi) is 5.55. The third-order valence-corrected chi connectivity index (χ3v) is 4.09. The Morgan fingerprint density at radius 3 is 2.68 bits per heavy atom. The van der Waals surface area contributed by atoms with Crippen LogP contribution in [0.3, 0.4) is 0 Å². The maximum Gasteiger partial charge on any atom is 0.416 e. The second-order valence-corrected chi connectivity index (χ2v) is 6.17. The van der Waals surface area contributed by atoms with E-state index in [-0.39, 0.29) is 17.3 Å². The summed E-state index contributed by atoms with van der Waals surface area (Å²) in [6, 6.07) is 9.68. The smallest absolute Gasteiger partial charge is 0.416 e. The lowest BCUT2D eigenvalue weighted by Crippen LogP contribution is -2.23. The molecule has 0 aliphatic carbocycles. The van der Waals surface area contributed by atoms with Crippen molar-refractivity contribution in [1.82, 2.24) is 9.55 Å². The van der Waals surface area contributed by atoms with Gasteiger partial charge < -0.3 is 14.6 Å². The van der Waals surface area contributed by atoms with Crippen molar-refractivity contribution in [2.24, 2.45) is 0 Å². The first-order chi connectivity index (χ1) is 13.2. The van der Waals surface area contributed by atoms with Gasteiger partial charge in [0.15, 0.2) is 6.61 Å². The van der Waals surface area contributed by atoms with Crippen molar-refractivity contribution in [2.75, 3.05) is 11.9 Å². The minimum absolute atomic E-state index is 0.0717. The van der Waals surface area contributed by atoms with E-state index in [0.717, 1.165) is 17.6 Å². The SMILES string of the molecule is O=C(COC(=O)Cn1cnc2ccccc21)Nc1cc(C(F)(F)F)ccc1Cl. The molecule has 3 rings (SSSR count). The third kappa shape index (κ3) is 4.61. The second kappa shape index (κ2) is 7.89. The molecule has 0 saturated heterocycles. The zero-order valence-electron chi connectivity index (χ0n) is 14.2. The second-order valence-electron chi connectivity index (χ2n) is 5.76. The van der Waals surface area contributed by atoms with Gasteiger partial charge in [-0.2, -0.15) is 13.2 Å². The molecule has 1 amide bonds. The highest BCUT2D eigenvalue weighted by Crippen LogP contribution is 2.33. The number of imidazole rings is 1. The molecule has 0 spiro atoms. The van der Waals surface area contributed by atoms with Crippen LogP contribution in [-0.4, -0.2) is 28.0 Å². The molecule has 0 unspecified atom stereocenters. The highest BCUT2D eigenvalue weighted by atomic mass is 35.5. The number of benzene rings is 2. The number of hydrogen-bond donors (Lipinski definition) is 1. The van der Waals surface area contributed by atoms with Crippen LogP contribution in [0.15, 0.2) is 48.8 Å². The molecule has 28 heavy (non-hydrogen) atoms. The molecule has 6 nitrogen and oxygen atoms in total. The molecule has 10 heteroatoms. The molecule has 1 heterocycles. The largest absolute Gasteiger partial charge is 0.454 e. The van der Waals surface area contributed by atoms with E-state index in [9.17, 15) is 22.8 Å². The van der Waals surface area contributed by atoms with Gasteiger partial charge in [-0.05, 0) is 30.3 Å². The molecule has 0 bridgehead atoms. The number of para-hydroxylation sites is 2. The first-order valence-corrected chi connectivity index (χ1v) is 8.34. The Morgan fingerprint density at radius 1 is 1.18 bits per heavy atom. The molecule has 0 atom stereocenters. The van der Waals surface area contributed by atoms with Gasteiger partial charge in [0.2, 0.25) is 0 Å². The van der Waals surface area contributed by atoms with E-state index in [1.165, 1.54) is 6.33 Å². The van der Waals surface area contributed by atoms with Crippen molar-refractivity contribution >= 4 is 40.2 Å². The minimum Gasteiger partial charge on any atom is -0.454 e. The number of aromatic nitrogens is 2. The standard InChI is InChI=1S/C18H13ClF3N3O3/c19-12-6-5-11(18(20,21)22)7-14(12)24-16(26)9-28-17(27)8-25-10-23-13-3-1-2-4-15(13)25/h1-7,10H,8-9H2,(H,24,26). The number of hydrogen-bond acceptors (Lipinski definition) is 4. The molecular formula is C18H13ClF3N3O3. The van der Waals surface area contributed by atoms with E-state index in [2.05, 4.69) is 10.3 Å². The Morgan fingerprint density at radius 2 is 1.93 bits per heavy atom. The summed E-state index contributed by atoms with van der Waals surface area (Å²) in [6.07, 6.45) is -3.11. The van der Waals surface area contributed by atoms with Crippen molar-refractivity contribution in [3.8, 4) is 0 Å². The Bertz CT molecular complexity index is 1030. The number of carbonyl (C=O) groups is 2. The van der Waals surface area contributed by atoms with Crippen molar-refractivity contribution in [1.29, 1.82) is 0 Å². The monoisotopic (exact) mass is 411 g/mol. The fourth-order valence-corrected chi connectivity index (χ4v) is 2.62. The first-order valence-electron chi connectivity index (χ1n) is 7.96. The van der Waals surface area contributed by atoms with Crippen LogP contribution in [0.5, 0.6) is 0 Å². The molecule has 1 aromatic heterocycles. The number of anilines is 1. The van der Waals surface area contributed by atoms with E-state index >= 15 is 0 Å². The van der Waals surface area contributed by atoms with Crippen LogP contribution in [-0.2, 0) is 27.0 Å². The number of esters is 1. The predicted octanol–water partition coefficient (Wildman–Crippen LogP) is 3.89. The fourth-order valence-electron chi connectivity index (χ4n) is 2.45. The molecule has 0 fully saturated rings. The predicted molar refractivity (Wildman–Crippen MR) is 95.8 cm³/mol. The highest BCUT2D eigenvalue weighted by molar-refractivity contribution is 6.33. The average molecular weight is 412 g/mol. The highest BCUT2D eigenvalue weighted by Gasteiger charge is 2.31. The van der Waals surface area contributed by atoms with Crippen LogP contribution in [0.1, 0.15) is 5.56 Å². The van der Waals surface area contributed by atoms with Gasteiger partial charge in [0, 0.05) is 0 Å². The first kappa shape index (κ1) is 19.7. The van der Waals surface area contributed by atoms with Gasteiger partial charge in [0.05, 0.1) is 33.6 Å². The van der Waals surface area contributed by atoms with Crippen LogP contribution >= 0.6 is 11.6 Å². The summed E-state index contributed by atoms with van der Waals surface area (Å²) in [5.74, 6) is -1.52. The molecule has 3 aromatic rings. The van der Waals surface area contributed by atoms with Gasteiger partial charge in [-0.25, -0.2) is 4.98 Å². The van der Waals surface area contributed by atoms with Gasteiger partial charge in [0.1, 0.15) is 6.54 Å². The average Bonchev–Trinajstić information content (AvgIpc) is 3.04. The van der Waals surface area contributed by atoms with Gasteiger partial charge in [-0.15, -0.1) is 0 Å². The summed E-state index contributed by atoms with van der Waals surface area (Å²) in [6.45, 7) is -0.837. The Hall–Kier alpha value is -3.07. The van der Waals surface area contributed by atoms with E-state index < -0.39 is 30.2 Å². The zero-order chi connectivity index (χ0) is 20.3. The van der Waals surface area contributed by atoms with Crippen molar-refractivity contribution in [3.63, 3.8) is 0 Å². The molecule has 2 aromatic carbocycles. The van der Waals surface area contributed by atoms with E-state index in [4.69, 9.17) is 16.3 Å². The molecule has 0 aliphatic heterocycles. The number of carbonyl (C=O) groups excluding carboxylic acids is 2. The van der Waals surface area contributed by atoms with E-state index in [0.29, 0.717) is 11.6 Å². The van der Waals surface area contributed by atoms with Crippen molar-refractivity contribution in [3.05, 3.63) is 59.4 Å². The minimum atomic E-state index is -4.58. The zero-order valence-corrected chi connectivity index (χ0v) is 14.9. The van der Waals surface area contributed by atoms with Crippen LogP contribution in [0, 0.1) is 0 Å². The van der Waals surface area contributed by atoms with Crippen LogP contribution in [0.4, 0.5) is 18.9 Å². The summed E-state index contributed by atoms with van der Waals surface area (Å²) < 4.78 is 44.7. The lowest BCUT2D eigenvalue weighted by Gasteiger charge is -2.12. The van der Waals surface area contributed by atoms with E-state index in [1.807, 2.05) is 0 Å². The number of fused-ring (bicyclic) bond motifs is 1. The molecule has 0 radical (unpaired) electrons. The van der Waals surface area contributed by atoms with Gasteiger partial charge in [-0.3, -0.25) is 9.59 Å². The molecule has 0 saturated carbocycles. The van der Waals surface area contributed by atoms with Crippen LogP contribution in [0.2, 0.25) is 5.02 Å². The number of alkyl halides is 3. The van der Waals surface area contributed by atoms with Crippen LogP contribution < -0.4 is 5.32 Å². The third-order valence-electron chi connectivity index (χ3n) is 3.76. The fraction of sp³-hybridized carbons (Fsp3) is 0.167. The van der Waals surface area contributed by atoms with Gasteiger partial charge >= 0.3 is 12.1 Å². The number of rotatable bonds is 5. The summed E-state index contributed by atoms with van der Waals surface area (Å²) in [7, 11) is 0. The summed E-state index contributed by atoms with van der Waals surface area (Å²) in [5, 5.41) is 2.13. The maximum absolute atomic E-state index is 12.7. The normalized spacial score (nSPS) is 11.4. The Balaban J connectivity index is 1.58. The lowest BCUT2D eigenvalue weighted by atomic mass is 10.2. The molecule has 1 N–H and O–H groups in total. The number of halogens is 4.